The number of hydrogen-bond donors (Lipinski definition) is 0. The maximum atomic E-state index is 5.09. The van der Waals surface area contributed by atoms with Gasteiger partial charge in [-0.2, -0.15) is 0 Å². The van der Waals surface area contributed by atoms with Gasteiger partial charge in [-0.15, -0.1) is 11.3 Å². The molecule has 0 aliphatic rings. The van der Waals surface area contributed by atoms with Gasteiger partial charge in [-0.1, -0.05) is 182 Å². The van der Waals surface area contributed by atoms with Crippen molar-refractivity contribution >= 4 is 107 Å². The topological polar surface area (TPSA) is 48.5 Å². The van der Waals surface area contributed by atoms with Crippen molar-refractivity contribution in [2.24, 2.45) is 0 Å². The van der Waals surface area contributed by atoms with E-state index >= 15 is 0 Å². The standard InChI is InChI=1S/C69H41N5S/c1-3-16-42(17-4-1)67-70-68(43-18-5-2-6-19-43)72-69(71-67)45-30-34-51-52-35-32-46(40-58(52)50-21-8-7-20-49(50)57(51)39-45)73-62-28-13-10-23-54(62)60-41-47(33-37-64(60)73)74-61-27-12-9-22-53(61)59-38-44(31-36-63(59)74)48-25-15-26-56-55-24-11-14-29-65(55)75-66(48)56/h1-41H. The average Bonchev–Trinajstić information content (AvgIpc) is 4.18. The molecule has 6 heteroatoms. The van der Waals surface area contributed by atoms with Crippen LogP contribution in [-0.2, 0) is 0 Å². The predicted octanol–water partition coefficient (Wildman–Crippen LogP) is 18.6. The summed E-state index contributed by atoms with van der Waals surface area (Å²) >= 11 is 1.88. The summed E-state index contributed by atoms with van der Waals surface area (Å²) in [6.45, 7) is 0. The molecule has 0 amide bonds. The van der Waals surface area contributed by atoms with Gasteiger partial charge in [-0.05, 0) is 110 Å². The molecule has 0 aliphatic heterocycles. The number of benzene rings is 12. The summed E-state index contributed by atoms with van der Waals surface area (Å²) in [7, 11) is 0. The van der Waals surface area contributed by atoms with Crippen LogP contribution in [0.15, 0.2) is 249 Å². The molecule has 0 saturated carbocycles. The van der Waals surface area contributed by atoms with Gasteiger partial charge in [0.2, 0.25) is 0 Å². The molecule has 0 bridgehead atoms. The third kappa shape index (κ3) is 6.46. The highest BCUT2D eigenvalue weighted by Gasteiger charge is 2.20. The minimum absolute atomic E-state index is 0.641. The fourth-order valence-electron chi connectivity index (χ4n) is 11.9. The summed E-state index contributed by atoms with van der Waals surface area (Å²) in [6, 6.07) is 90.0. The van der Waals surface area contributed by atoms with Crippen molar-refractivity contribution in [1.82, 2.24) is 24.1 Å². The van der Waals surface area contributed by atoms with E-state index in [1.54, 1.807) is 0 Å². The molecule has 0 atom stereocenters. The molecule has 16 rings (SSSR count). The zero-order valence-corrected chi connectivity index (χ0v) is 41.1. The monoisotopic (exact) mass is 971 g/mol. The van der Waals surface area contributed by atoms with Crippen molar-refractivity contribution < 1.29 is 0 Å². The minimum atomic E-state index is 0.641. The van der Waals surface area contributed by atoms with Crippen LogP contribution >= 0.6 is 11.3 Å². The molecule has 348 valence electrons. The summed E-state index contributed by atoms with van der Waals surface area (Å²) in [6.07, 6.45) is 0. The second kappa shape index (κ2) is 16.4. The summed E-state index contributed by atoms with van der Waals surface area (Å²) in [5, 5.41) is 14.7. The van der Waals surface area contributed by atoms with Gasteiger partial charge >= 0.3 is 0 Å². The molecule has 4 heterocycles. The fraction of sp³-hybridized carbons (Fsp3) is 0. The SMILES string of the molecule is c1ccc(-c2nc(-c3ccccc3)nc(-c3ccc4c5ccc(-n6c7ccccc7c7cc(-n8c9ccccc9c9cc(-c%10cccc%11c%10sc%10ccccc%10%11)ccc98)ccc76)cc5c5ccccc5c4c3)n2)cc1. The Morgan fingerprint density at radius 1 is 0.253 bits per heavy atom. The molecular formula is C69H41N5S. The second-order valence-corrected chi connectivity index (χ2v) is 20.5. The van der Waals surface area contributed by atoms with Gasteiger partial charge in [0.05, 0.1) is 22.1 Å². The predicted molar refractivity (Wildman–Crippen MR) is 316 cm³/mol. The number of rotatable bonds is 6. The Balaban J connectivity index is 0.835. The van der Waals surface area contributed by atoms with Gasteiger partial charge < -0.3 is 9.13 Å². The van der Waals surface area contributed by atoms with Gasteiger partial charge in [-0.3, -0.25) is 0 Å². The number of para-hydroxylation sites is 2. The van der Waals surface area contributed by atoms with Crippen LogP contribution in [0, 0.1) is 0 Å². The van der Waals surface area contributed by atoms with Gasteiger partial charge in [0.15, 0.2) is 17.5 Å². The Labute approximate surface area is 434 Å². The van der Waals surface area contributed by atoms with Gasteiger partial charge in [0.1, 0.15) is 0 Å². The summed E-state index contributed by atoms with van der Waals surface area (Å²) in [5.41, 5.74) is 12.3. The third-order valence-electron chi connectivity index (χ3n) is 15.3. The molecule has 0 aliphatic carbocycles. The highest BCUT2D eigenvalue weighted by Crippen LogP contribution is 2.44. The van der Waals surface area contributed by atoms with Crippen molar-refractivity contribution in [2.45, 2.75) is 0 Å². The highest BCUT2D eigenvalue weighted by molar-refractivity contribution is 7.26. The van der Waals surface area contributed by atoms with Crippen molar-refractivity contribution in [1.29, 1.82) is 0 Å². The second-order valence-electron chi connectivity index (χ2n) is 19.5. The lowest BCUT2D eigenvalue weighted by molar-refractivity contribution is 1.07. The molecule has 0 unspecified atom stereocenters. The fourth-order valence-corrected chi connectivity index (χ4v) is 13.2. The van der Waals surface area contributed by atoms with E-state index in [4.69, 9.17) is 15.0 Å². The normalized spacial score (nSPS) is 12.0. The van der Waals surface area contributed by atoms with Crippen molar-refractivity contribution in [3.8, 4) is 56.7 Å². The van der Waals surface area contributed by atoms with E-state index in [0.29, 0.717) is 17.5 Å². The van der Waals surface area contributed by atoms with Crippen LogP contribution in [0.25, 0.3) is 153 Å². The Kier molecular flexibility index (Phi) is 9.14. The van der Waals surface area contributed by atoms with E-state index in [9.17, 15) is 0 Å². The Morgan fingerprint density at radius 3 is 1.33 bits per heavy atom. The van der Waals surface area contributed by atoms with Crippen LogP contribution in [0.1, 0.15) is 0 Å². The van der Waals surface area contributed by atoms with Gasteiger partial charge in [-0.25, -0.2) is 15.0 Å². The van der Waals surface area contributed by atoms with Crippen LogP contribution in [0.3, 0.4) is 0 Å². The zero-order valence-electron chi connectivity index (χ0n) is 40.3. The molecule has 12 aromatic carbocycles. The first kappa shape index (κ1) is 41.8. The Bertz CT molecular complexity index is 4930. The van der Waals surface area contributed by atoms with E-state index in [-0.39, 0.29) is 0 Å². The van der Waals surface area contributed by atoms with Crippen LogP contribution in [0.2, 0.25) is 0 Å². The lowest BCUT2D eigenvalue weighted by atomic mass is 9.93. The maximum absolute atomic E-state index is 5.09. The first-order valence-electron chi connectivity index (χ1n) is 25.4. The smallest absolute Gasteiger partial charge is 0.164 e. The van der Waals surface area contributed by atoms with E-state index in [1.165, 1.54) is 96.3 Å². The number of thiophene rings is 1. The van der Waals surface area contributed by atoms with Crippen molar-refractivity contribution in [3.63, 3.8) is 0 Å². The summed E-state index contributed by atoms with van der Waals surface area (Å²) in [5.74, 6) is 1.94. The van der Waals surface area contributed by atoms with E-state index in [1.807, 2.05) is 47.7 Å². The molecule has 5 nitrogen and oxygen atoms in total. The molecule has 4 aromatic heterocycles. The molecular weight excluding hydrogens is 931 g/mol. The molecule has 0 fully saturated rings. The van der Waals surface area contributed by atoms with E-state index < -0.39 is 0 Å². The number of aromatic nitrogens is 5. The van der Waals surface area contributed by atoms with Crippen LogP contribution in [0.5, 0.6) is 0 Å². The third-order valence-corrected chi connectivity index (χ3v) is 16.6. The van der Waals surface area contributed by atoms with E-state index in [0.717, 1.165) is 39.0 Å². The lowest BCUT2D eigenvalue weighted by Gasteiger charge is -2.15. The number of fused-ring (bicyclic) bond motifs is 15. The van der Waals surface area contributed by atoms with Gasteiger partial charge in [0, 0.05) is 69.8 Å². The first-order chi connectivity index (χ1) is 37.2. The number of nitrogens with zero attached hydrogens (tertiary/aromatic N) is 5. The molecule has 75 heavy (non-hydrogen) atoms. The first-order valence-corrected chi connectivity index (χ1v) is 26.2. The van der Waals surface area contributed by atoms with Gasteiger partial charge in [0.25, 0.3) is 0 Å². The van der Waals surface area contributed by atoms with Crippen molar-refractivity contribution in [2.75, 3.05) is 0 Å². The zero-order chi connectivity index (χ0) is 49.1. The lowest BCUT2D eigenvalue weighted by Crippen LogP contribution is -2.00. The van der Waals surface area contributed by atoms with Crippen LogP contribution < -0.4 is 0 Å². The highest BCUT2D eigenvalue weighted by atomic mass is 32.1. The quantitative estimate of drug-likeness (QED) is 0.156. The molecule has 16 aromatic rings. The molecule has 0 radical (unpaired) electrons. The van der Waals surface area contributed by atoms with E-state index in [2.05, 4.69) is 221 Å². The molecule has 0 spiro atoms. The minimum Gasteiger partial charge on any atom is -0.309 e. The van der Waals surface area contributed by atoms with Crippen molar-refractivity contribution in [3.05, 3.63) is 249 Å². The molecule has 0 N–H and O–H groups in total. The maximum Gasteiger partial charge on any atom is 0.164 e. The largest absolute Gasteiger partial charge is 0.309 e. The summed E-state index contributed by atoms with van der Waals surface area (Å²) in [4.78, 5) is 15.1. The number of hydrogen-bond acceptors (Lipinski definition) is 4. The summed E-state index contributed by atoms with van der Waals surface area (Å²) < 4.78 is 7.54. The average molecular weight is 972 g/mol. The Hall–Kier alpha value is -9.75. The molecule has 0 saturated heterocycles. The van der Waals surface area contributed by atoms with Crippen LogP contribution in [-0.4, -0.2) is 24.1 Å². The van der Waals surface area contributed by atoms with Crippen LogP contribution in [0.4, 0.5) is 0 Å². The Morgan fingerprint density at radius 2 is 0.680 bits per heavy atom.